The first-order valence-electron chi connectivity index (χ1n) is 8.27. The Morgan fingerprint density at radius 1 is 1.38 bits per heavy atom. The van der Waals surface area contributed by atoms with E-state index >= 15 is 0 Å². The molecule has 1 aromatic heterocycles. The van der Waals surface area contributed by atoms with Crippen molar-refractivity contribution < 1.29 is 19.1 Å². The molecule has 2 amide bonds. The summed E-state index contributed by atoms with van der Waals surface area (Å²) < 4.78 is 5.68. The van der Waals surface area contributed by atoms with Gasteiger partial charge in [0.1, 0.15) is 17.4 Å². The number of aliphatic hydroxyl groups is 1. The van der Waals surface area contributed by atoms with Crippen LogP contribution in [0.4, 0.5) is 0 Å². The Hall–Kier alpha value is -2.34. The SMILES string of the molecule is Cc1oc2ccccc2c1CNC(=O)CN1CCCCC(O)C1=O. The van der Waals surface area contributed by atoms with Crippen LogP contribution in [0, 0.1) is 6.92 Å². The zero-order valence-electron chi connectivity index (χ0n) is 13.7. The third-order valence-corrected chi connectivity index (χ3v) is 4.45. The molecule has 1 aliphatic heterocycles. The van der Waals surface area contributed by atoms with Gasteiger partial charge in [-0.15, -0.1) is 0 Å². The van der Waals surface area contributed by atoms with Crippen LogP contribution in [-0.2, 0) is 16.1 Å². The van der Waals surface area contributed by atoms with Gasteiger partial charge in [-0.2, -0.15) is 0 Å². The van der Waals surface area contributed by atoms with Gasteiger partial charge in [0.2, 0.25) is 5.91 Å². The topological polar surface area (TPSA) is 82.8 Å². The summed E-state index contributed by atoms with van der Waals surface area (Å²) in [4.78, 5) is 25.7. The molecule has 0 bridgehead atoms. The highest BCUT2D eigenvalue weighted by Gasteiger charge is 2.26. The first-order chi connectivity index (χ1) is 11.6. The van der Waals surface area contributed by atoms with Gasteiger partial charge in [0, 0.05) is 24.0 Å². The van der Waals surface area contributed by atoms with Crippen molar-refractivity contribution >= 4 is 22.8 Å². The minimum absolute atomic E-state index is 0.0231. The monoisotopic (exact) mass is 330 g/mol. The maximum absolute atomic E-state index is 12.2. The number of rotatable bonds is 4. The van der Waals surface area contributed by atoms with E-state index in [0.717, 1.165) is 35.1 Å². The maximum atomic E-state index is 12.2. The highest BCUT2D eigenvalue weighted by molar-refractivity contribution is 5.87. The van der Waals surface area contributed by atoms with Gasteiger partial charge in [0.25, 0.3) is 5.91 Å². The third kappa shape index (κ3) is 3.43. The molecule has 2 heterocycles. The molecule has 1 atom stereocenters. The summed E-state index contributed by atoms with van der Waals surface area (Å²) in [7, 11) is 0. The van der Waals surface area contributed by atoms with Crippen LogP contribution in [0.2, 0.25) is 0 Å². The van der Waals surface area contributed by atoms with Crippen molar-refractivity contribution in [3.05, 3.63) is 35.6 Å². The van der Waals surface area contributed by atoms with Crippen molar-refractivity contribution in [1.82, 2.24) is 10.2 Å². The van der Waals surface area contributed by atoms with Crippen molar-refractivity contribution in [3.63, 3.8) is 0 Å². The van der Waals surface area contributed by atoms with Crippen molar-refractivity contribution in [2.75, 3.05) is 13.1 Å². The van der Waals surface area contributed by atoms with E-state index in [0.29, 0.717) is 19.5 Å². The quantitative estimate of drug-likeness (QED) is 0.894. The molecule has 128 valence electrons. The van der Waals surface area contributed by atoms with Gasteiger partial charge in [0.05, 0.1) is 6.54 Å². The molecule has 24 heavy (non-hydrogen) atoms. The summed E-state index contributed by atoms with van der Waals surface area (Å²) >= 11 is 0. The molecular weight excluding hydrogens is 308 g/mol. The van der Waals surface area contributed by atoms with Crippen LogP contribution < -0.4 is 5.32 Å². The van der Waals surface area contributed by atoms with E-state index in [1.54, 1.807) is 0 Å². The lowest BCUT2D eigenvalue weighted by molar-refractivity contribution is -0.142. The second kappa shape index (κ2) is 7.05. The number of amides is 2. The molecule has 0 saturated carbocycles. The summed E-state index contributed by atoms with van der Waals surface area (Å²) in [6.07, 6.45) is 1.09. The fourth-order valence-corrected chi connectivity index (χ4v) is 3.10. The fraction of sp³-hybridized carbons (Fsp3) is 0.444. The Labute approximate surface area is 140 Å². The third-order valence-electron chi connectivity index (χ3n) is 4.45. The van der Waals surface area contributed by atoms with Crippen LogP contribution in [0.3, 0.4) is 0 Å². The van der Waals surface area contributed by atoms with Crippen molar-refractivity contribution in [1.29, 1.82) is 0 Å². The maximum Gasteiger partial charge on any atom is 0.251 e. The lowest BCUT2D eigenvalue weighted by Gasteiger charge is -2.21. The molecule has 6 heteroatoms. The number of hydrogen-bond acceptors (Lipinski definition) is 4. The van der Waals surface area contributed by atoms with Crippen LogP contribution in [0.5, 0.6) is 0 Å². The minimum Gasteiger partial charge on any atom is -0.461 e. The molecule has 1 aliphatic rings. The van der Waals surface area contributed by atoms with Crippen LogP contribution in [0.15, 0.2) is 28.7 Å². The van der Waals surface area contributed by atoms with Crippen molar-refractivity contribution in [3.8, 4) is 0 Å². The number of carbonyl (C=O) groups is 2. The molecular formula is C18H22N2O4. The number of benzene rings is 1. The predicted octanol–water partition coefficient (Wildman–Crippen LogP) is 1.73. The zero-order valence-corrected chi connectivity index (χ0v) is 13.7. The number of nitrogens with zero attached hydrogens (tertiary/aromatic N) is 1. The predicted molar refractivity (Wildman–Crippen MR) is 89.2 cm³/mol. The standard InChI is InChI=1S/C18H22N2O4/c1-12-14(13-6-2-3-8-16(13)24-12)10-19-17(22)11-20-9-5-4-7-15(21)18(20)23/h2-3,6,8,15,21H,4-5,7,9-11H2,1H3,(H,19,22). The lowest BCUT2D eigenvalue weighted by Crippen LogP contribution is -2.44. The van der Waals surface area contributed by atoms with E-state index in [1.165, 1.54) is 4.90 Å². The van der Waals surface area contributed by atoms with Crippen LogP contribution in [0.1, 0.15) is 30.6 Å². The summed E-state index contributed by atoms with van der Waals surface area (Å²) in [5, 5.41) is 13.6. The van der Waals surface area contributed by atoms with E-state index in [2.05, 4.69) is 5.32 Å². The summed E-state index contributed by atoms with van der Waals surface area (Å²) in [6, 6.07) is 7.69. The van der Waals surface area contributed by atoms with Crippen molar-refractivity contribution in [2.45, 2.75) is 38.8 Å². The van der Waals surface area contributed by atoms with Gasteiger partial charge in [-0.25, -0.2) is 0 Å². The normalized spacial score (nSPS) is 18.7. The van der Waals surface area contributed by atoms with Gasteiger partial charge in [-0.05, 0) is 32.3 Å². The summed E-state index contributed by atoms with van der Waals surface area (Å²) in [6.45, 7) is 2.71. The Morgan fingerprint density at radius 2 is 2.17 bits per heavy atom. The van der Waals surface area contributed by atoms with Gasteiger partial charge in [-0.1, -0.05) is 18.2 Å². The van der Waals surface area contributed by atoms with E-state index in [9.17, 15) is 14.7 Å². The van der Waals surface area contributed by atoms with E-state index in [4.69, 9.17) is 4.42 Å². The Kier molecular flexibility index (Phi) is 4.85. The zero-order chi connectivity index (χ0) is 17.1. The second-order valence-corrected chi connectivity index (χ2v) is 6.18. The Bertz CT molecular complexity index is 753. The molecule has 1 aromatic carbocycles. The largest absolute Gasteiger partial charge is 0.461 e. The first-order valence-corrected chi connectivity index (χ1v) is 8.27. The number of para-hydroxylation sites is 1. The number of furan rings is 1. The highest BCUT2D eigenvalue weighted by atomic mass is 16.3. The first kappa shape index (κ1) is 16.5. The second-order valence-electron chi connectivity index (χ2n) is 6.18. The molecule has 1 fully saturated rings. The van der Waals surface area contributed by atoms with Crippen molar-refractivity contribution in [2.24, 2.45) is 0 Å². The molecule has 3 rings (SSSR count). The number of fused-ring (bicyclic) bond motifs is 1. The van der Waals surface area contributed by atoms with Gasteiger partial charge in [0.15, 0.2) is 0 Å². The number of hydrogen-bond donors (Lipinski definition) is 2. The minimum atomic E-state index is -0.986. The van der Waals surface area contributed by atoms with Gasteiger partial charge >= 0.3 is 0 Å². The molecule has 1 unspecified atom stereocenters. The molecule has 0 aliphatic carbocycles. The van der Waals surface area contributed by atoms with E-state index in [1.807, 2.05) is 31.2 Å². The Morgan fingerprint density at radius 3 is 3.00 bits per heavy atom. The van der Waals surface area contributed by atoms with E-state index in [-0.39, 0.29) is 18.4 Å². The average molecular weight is 330 g/mol. The Balaban J connectivity index is 1.62. The van der Waals surface area contributed by atoms with Gasteiger partial charge in [-0.3, -0.25) is 9.59 Å². The molecule has 0 radical (unpaired) electrons. The number of likely N-dealkylation sites (tertiary alicyclic amines) is 1. The highest BCUT2D eigenvalue weighted by Crippen LogP contribution is 2.24. The van der Waals surface area contributed by atoms with E-state index < -0.39 is 6.10 Å². The molecule has 2 N–H and O–H groups in total. The van der Waals surface area contributed by atoms with Crippen LogP contribution in [-0.4, -0.2) is 41.0 Å². The number of aryl methyl sites for hydroxylation is 1. The number of carbonyl (C=O) groups excluding carboxylic acids is 2. The molecule has 2 aromatic rings. The van der Waals surface area contributed by atoms with Crippen LogP contribution >= 0.6 is 0 Å². The van der Waals surface area contributed by atoms with Crippen LogP contribution in [0.25, 0.3) is 11.0 Å². The fourth-order valence-electron chi connectivity index (χ4n) is 3.10. The number of nitrogens with one attached hydrogen (secondary N) is 1. The summed E-state index contributed by atoms with van der Waals surface area (Å²) in [5.41, 5.74) is 1.74. The average Bonchev–Trinajstić information content (AvgIpc) is 2.81. The summed E-state index contributed by atoms with van der Waals surface area (Å²) in [5.74, 6) is 0.187. The number of aliphatic hydroxyl groups excluding tert-OH is 1. The molecule has 0 spiro atoms. The molecule has 1 saturated heterocycles. The smallest absolute Gasteiger partial charge is 0.251 e. The molecule has 6 nitrogen and oxygen atoms in total. The lowest BCUT2D eigenvalue weighted by atomic mass is 10.1. The van der Waals surface area contributed by atoms with Gasteiger partial charge < -0.3 is 19.7 Å².